The number of hydrogen-bond acceptors (Lipinski definition) is 5. The van der Waals surface area contributed by atoms with Crippen molar-refractivity contribution in [3.05, 3.63) is 17.5 Å². The molecule has 0 saturated carbocycles. The largest absolute Gasteiger partial charge is 0.360 e. The average Bonchev–Trinajstić information content (AvgIpc) is 3.09. The highest BCUT2D eigenvalue weighted by Gasteiger charge is 2.28. The Kier molecular flexibility index (Phi) is 4.15. The van der Waals surface area contributed by atoms with Crippen LogP contribution in [0.1, 0.15) is 37.1 Å². The predicted molar refractivity (Wildman–Crippen MR) is 73.5 cm³/mol. The van der Waals surface area contributed by atoms with Gasteiger partial charge >= 0.3 is 0 Å². The third-order valence-electron chi connectivity index (χ3n) is 4.35. The van der Waals surface area contributed by atoms with Gasteiger partial charge in [-0.1, -0.05) is 11.6 Å². The Bertz CT molecular complexity index is 400. The lowest BCUT2D eigenvalue weighted by atomic mass is 10.1. The zero-order valence-corrected chi connectivity index (χ0v) is 11.6. The normalized spacial score (nSPS) is 26.1. The van der Waals surface area contributed by atoms with E-state index in [4.69, 9.17) is 10.3 Å². The van der Waals surface area contributed by atoms with Gasteiger partial charge in [-0.2, -0.15) is 0 Å². The Labute approximate surface area is 114 Å². The van der Waals surface area contributed by atoms with Crippen LogP contribution < -0.4 is 5.73 Å². The third kappa shape index (κ3) is 3.16. The Balaban J connectivity index is 1.51. The first kappa shape index (κ1) is 13.1. The van der Waals surface area contributed by atoms with Gasteiger partial charge in [0.2, 0.25) is 0 Å². The lowest BCUT2D eigenvalue weighted by Gasteiger charge is -2.32. The van der Waals surface area contributed by atoms with Crippen molar-refractivity contribution in [1.82, 2.24) is 15.0 Å². The molecular weight excluding hydrogens is 240 g/mol. The summed E-state index contributed by atoms with van der Waals surface area (Å²) in [7, 11) is 0. The minimum absolute atomic E-state index is 0.458. The second-order valence-electron chi connectivity index (χ2n) is 5.76. The summed E-state index contributed by atoms with van der Waals surface area (Å²) >= 11 is 0. The average molecular weight is 264 g/mol. The van der Waals surface area contributed by atoms with E-state index < -0.39 is 0 Å². The molecule has 0 spiro atoms. The van der Waals surface area contributed by atoms with Crippen molar-refractivity contribution < 1.29 is 4.52 Å². The van der Waals surface area contributed by atoms with Crippen molar-refractivity contribution in [1.29, 1.82) is 0 Å². The Hall–Kier alpha value is -0.910. The second-order valence-corrected chi connectivity index (χ2v) is 5.76. The van der Waals surface area contributed by atoms with Crippen LogP contribution in [0.4, 0.5) is 0 Å². The summed E-state index contributed by atoms with van der Waals surface area (Å²) in [6.07, 6.45) is 5.45. The van der Waals surface area contributed by atoms with Crippen LogP contribution in [0, 0.1) is 0 Å². The van der Waals surface area contributed by atoms with Gasteiger partial charge in [0.15, 0.2) is 5.76 Å². The highest BCUT2D eigenvalue weighted by molar-refractivity contribution is 5.05. The SMILES string of the molecule is NCc1cc(CN2CCC(N3CCCCC3)C2)on1. The molecule has 3 heterocycles. The van der Waals surface area contributed by atoms with Gasteiger partial charge in [-0.05, 0) is 32.4 Å². The van der Waals surface area contributed by atoms with Crippen molar-refractivity contribution in [2.75, 3.05) is 26.2 Å². The molecule has 0 aliphatic carbocycles. The quantitative estimate of drug-likeness (QED) is 0.885. The first-order valence-electron chi connectivity index (χ1n) is 7.46. The molecule has 2 saturated heterocycles. The summed E-state index contributed by atoms with van der Waals surface area (Å²) in [6.45, 7) is 6.24. The van der Waals surface area contributed by atoms with Crippen LogP contribution in [-0.4, -0.2) is 47.2 Å². The first-order valence-corrected chi connectivity index (χ1v) is 7.46. The summed E-state index contributed by atoms with van der Waals surface area (Å²) in [6, 6.07) is 2.73. The van der Waals surface area contributed by atoms with E-state index in [2.05, 4.69) is 15.0 Å². The first-order chi connectivity index (χ1) is 9.35. The molecule has 1 aromatic rings. The van der Waals surface area contributed by atoms with Gasteiger partial charge in [0, 0.05) is 31.7 Å². The number of nitrogens with zero attached hydrogens (tertiary/aromatic N) is 3. The van der Waals surface area contributed by atoms with E-state index in [0.29, 0.717) is 6.54 Å². The maximum atomic E-state index is 5.55. The monoisotopic (exact) mass is 264 g/mol. The van der Waals surface area contributed by atoms with Crippen LogP contribution in [0.3, 0.4) is 0 Å². The predicted octanol–water partition coefficient (Wildman–Crippen LogP) is 1.19. The number of likely N-dealkylation sites (tertiary alicyclic amines) is 2. The maximum Gasteiger partial charge on any atom is 0.151 e. The van der Waals surface area contributed by atoms with Gasteiger partial charge in [-0.3, -0.25) is 9.80 Å². The summed E-state index contributed by atoms with van der Waals surface area (Å²) < 4.78 is 5.31. The number of piperidine rings is 1. The highest BCUT2D eigenvalue weighted by Crippen LogP contribution is 2.21. The smallest absolute Gasteiger partial charge is 0.151 e. The van der Waals surface area contributed by atoms with E-state index >= 15 is 0 Å². The van der Waals surface area contributed by atoms with E-state index in [1.807, 2.05) is 6.07 Å². The van der Waals surface area contributed by atoms with E-state index in [1.165, 1.54) is 51.9 Å². The van der Waals surface area contributed by atoms with Crippen LogP contribution in [0.5, 0.6) is 0 Å². The van der Waals surface area contributed by atoms with Crippen LogP contribution in [0.15, 0.2) is 10.6 Å². The minimum Gasteiger partial charge on any atom is -0.360 e. The summed E-state index contributed by atoms with van der Waals surface area (Å²) in [5.41, 5.74) is 6.40. The molecule has 0 aromatic carbocycles. The molecule has 3 rings (SSSR count). The molecule has 0 radical (unpaired) electrons. The molecule has 106 valence electrons. The summed E-state index contributed by atoms with van der Waals surface area (Å²) in [5, 5.41) is 3.95. The van der Waals surface area contributed by atoms with Crippen LogP contribution in [0.25, 0.3) is 0 Å². The van der Waals surface area contributed by atoms with Crippen molar-refractivity contribution in [3.63, 3.8) is 0 Å². The zero-order valence-electron chi connectivity index (χ0n) is 11.6. The molecule has 1 atom stereocenters. The number of hydrogen-bond donors (Lipinski definition) is 1. The van der Waals surface area contributed by atoms with Crippen LogP contribution in [0.2, 0.25) is 0 Å². The van der Waals surface area contributed by atoms with Gasteiger partial charge in [0.1, 0.15) is 0 Å². The molecule has 5 nitrogen and oxygen atoms in total. The van der Waals surface area contributed by atoms with Crippen LogP contribution >= 0.6 is 0 Å². The van der Waals surface area contributed by atoms with Crippen molar-refractivity contribution in [2.45, 2.75) is 44.8 Å². The van der Waals surface area contributed by atoms with E-state index in [1.54, 1.807) is 0 Å². The van der Waals surface area contributed by atoms with E-state index in [-0.39, 0.29) is 0 Å². The van der Waals surface area contributed by atoms with Crippen LogP contribution in [-0.2, 0) is 13.1 Å². The fraction of sp³-hybridized carbons (Fsp3) is 0.786. The molecule has 1 aromatic heterocycles. The molecule has 2 fully saturated rings. The molecular formula is C14H24N4O. The van der Waals surface area contributed by atoms with E-state index in [0.717, 1.165) is 24.0 Å². The van der Waals surface area contributed by atoms with Crippen molar-refractivity contribution in [2.24, 2.45) is 5.73 Å². The molecule has 2 aliphatic rings. The lowest BCUT2D eigenvalue weighted by Crippen LogP contribution is -2.40. The van der Waals surface area contributed by atoms with Gasteiger partial charge in [0.25, 0.3) is 0 Å². The van der Waals surface area contributed by atoms with Gasteiger partial charge < -0.3 is 10.3 Å². The molecule has 0 bridgehead atoms. The highest BCUT2D eigenvalue weighted by atomic mass is 16.5. The maximum absolute atomic E-state index is 5.55. The fourth-order valence-electron chi connectivity index (χ4n) is 3.28. The molecule has 2 aliphatic heterocycles. The fourth-order valence-corrected chi connectivity index (χ4v) is 3.28. The molecule has 1 unspecified atom stereocenters. The summed E-state index contributed by atoms with van der Waals surface area (Å²) in [4.78, 5) is 5.15. The van der Waals surface area contributed by atoms with Gasteiger partial charge in [-0.25, -0.2) is 0 Å². The van der Waals surface area contributed by atoms with Gasteiger partial charge in [-0.15, -0.1) is 0 Å². The second kappa shape index (κ2) is 6.03. The molecule has 2 N–H and O–H groups in total. The van der Waals surface area contributed by atoms with Crippen molar-refractivity contribution in [3.8, 4) is 0 Å². The number of nitrogens with two attached hydrogens (primary N) is 1. The lowest BCUT2D eigenvalue weighted by molar-refractivity contribution is 0.159. The minimum atomic E-state index is 0.458. The van der Waals surface area contributed by atoms with Crippen molar-refractivity contribution >= 4 is 0 Å². The standard InChI is InChI=1S/C14H24N4O/c15-9-12-8-14(19-16-12)11-17-7-4-13(10-17)18-5-2-1-3-6-18/h8,13H,1-7,9-11,15H2. The number of aromatic nitrogens is 1. The summed E-state index contributed by atoms with van der Waals surface area (Å²) in [5.74, 6) is 0.944. The van der Waals surface area contributed by atoms with Gasteiger partial charge in [0.05, 0.1) is 12.2 Å². The Morgan fingerprint density at radius 3 is 2.84 bits per heavy atom. The zero-order chi connectivity index (χ0) is 13.1. The topological polar surface area (TPSA) is 58.5 Å². The molecule has 0 amide bonds. The molecule has 19 heavy (non-hydrogen) atoms. The third-order valence-corrected chi connectivity index (χ3v) is 4.35. The molecule has 5 heteroatoms. The number of rotatable bonds is 4. The Morgan fingerprint density at radius 2 is 2.11 bits per heavy atom. The Morgan fingerprint density at radius 1 is 1.26 bits per heavy atom. The van der Waals surface area contributed by atoms with E-state index in [9.17, 15) is 0 Å².